The Bertz CT molecular complexity index is 132. The van der Waals surface area contributed by atoms with E-state index in [1.807, 2.05) is 0 Å². The zero-order valence-corrected chi connectivity index (χ0v) is 7.57. The normalized spacial score (nSPS) is 18.6. The molecule has 1 saturated carbocycles. The van der Waals surface area contributed by atoms with E-state index < -0.39 is 0 Å². The van der Waals surface area contributed by atoms with Crippen molar-refractivity contribution in [2.24, 2.45) is 0 Å². The molecule has 0 radical (unpaired) electrons. The van der Waals surface area contributed by atoms with Crippen molar-refractivity contribution in [3.05, 3.63) is 0 Å². The SMILES string of the molecule is O=C(CCS)NC1CCCC1. The first-order chi connectivity index (χ1) is 5.33. The van der Waals surface area contributed by atoms with Crippen molar-refractivity contribution in [3.8, 4) is 0 Å². The van der Waals surface area contributed by atoms with Gasteiger partial charge in [0.2, 0.25) is 5.91 Å². The van der Waals surface area contributed by atoms with Crippen LogP contribution in [-0.2, 0) is 4.79 Å². The van der Waals surface area contributed by atoms with Crippen molar-refractivity contribution in [2.75, 3.05) is 5.75 Å². The van der Waals surface area contributed by atoms with Gasteiger partial charge in [-0.25, -0.2) is 0 Å². The smallest absolute Gasteiger partial charge is 0.221 e. The highest BCUT2D eigenvalue weighted by Gasteiger charge is 2.15. The molecule has 0 atom stereocenters. The van der Waals surface area contributed by atoms with E-state index in [1.54, 1.807) is 0 Å². The Morgan fingerprint density at radius 1 is 1.45 bits per heavy atom. The number of amides is 1. The molecule has 0 heterocycles. The third-order valence-corrected chi connectivity index (χ3v) is 2.28. The number of carbonyl (C=O) groups excluding carboxylic acids is 1. The molecular weight excluding hydrogens is 158 g/mol. The molecular formula is C8H15NOS. The molecule has 1 aliphatic rings. The predicted octanol–water partition coefficient (Wildman–Crippen LogP) is 1.37. The van der Waals surface area contributed by atoms with E-state index in [9.17, 15) is 4.79 Å². The highest BCUT2D eigenvalue weighted by molar-refractivity contribution is 7.80. The summed E-state index contributed by atoms with van der Waals surface area (Å²) in [5.41, 5.74) is 0. The first-order valence-corrected chi connectivity index (χ1v) is 4.86. The number of thiol groups is 1. The summed E-state index contributed by atoms with van der Waals surface area (Å²) < 4.78 is 0. The maximum absolute atomic E-state index is 11.0. The van der Waals surface area contributed by atoms with Gasteiger partial charge in [-0.2, -0.15) is 12.6 Å². The summed E-state index contributed by atoms with van der Waals surface area (Å²) in [6.07, 6.45) is 5.42. The lowest BCUT2D eigenvalue weighted by Gasteiger charge is -2.10. The molecule has 3 heteroatoms. The Hall–Kier alpha value is -0.180. The number of hydrogen-bond donors (Lipinski definition) is 2. The molecule has 0 aliphatic heterocycles. The van der Waals surface area contributed by atoms with E-state index in [0.29, 0.717) is 18.2 Å². The van der Waals surface area contributed by atoms with Crippen LogP contribution in [0.4, 0.5) is 0 Å². The molecule has 0 aromatic heterocycles. The third-order valence-electron chi connectivity index (χ3n) is 2.06. The fraction of sp³-hybridized carbons (Fsp3) is 0.875. The van der Waals surface area contributed by atoms with E-state index in [4.69, 9.17) is 0 Å². The van der Waals surface area contributed by atoms with Gasteiger partial charge < -0.3 is 5.32 Å². The molecule has 0 unspecified atom stereocenters. The maximum Gasteiger partial charge on any atom is 0.221 e. The Labute approximate surface area is 73.2 Å². The Kier molecular flexibility index (Phi) is 3.77. The summed E-state index contributed by atoms with van der Waals surface area (Å²) >= 11 is 4.00. The van der Waals surface area contributed by atoms with Crippen LogP contribution >= 0.6 is 12.6 Å². The van der Waals surface area contributed by atoms with Crippen LogP contribution in [0.3, 0.4) is 0 Å². The lowest BCUT2D eigenvalue weighted by atomic mass is 10.2. The molecule has 0 aromatic rings. The first kappa shape index (κ1) is 8.91. The van der Waals surface area contributed by atoms with Gasteiger partial charge in [-0.05, 0) is 18.6 Å². The van der Waals surface area contributed by atoms with Crippen LogP contribution in [0.15, 0.2) is 0 Å². The highest BCUT2D eigenvalue weighted by atomic mass is 32.1. The van der Waals surface area contributed by atoms with Crippen LogP contribution < -0.4 is 5.32 Å². The van der Waals surface area contributed by atoms with Gasteiger partial charge in [0.25, 0.3) is 0 Å². The lowest BCUT2D eigenvalue weighted by Crippen LogP contribution is -2.32. The van der Waals surface area contributed by atoms with Gasteiger partial charge in [-0.15, -0.1) is 0 Å². The minimum Gasteiger partial charge on any atom is -0.353 e. The minimum atomic E-state index is 0.159. The third kappa shape index (κ3) is 3.14. The quantitative estimate of drug-likeness (QED) is 0.620. The predicted molar refractivity (Wildman–Crippen MR) is 48.9 cm³/mol. The largest absolute Gasteiger partial charge is 0.353 e. The standard InChI is InChI=1S/C8H15NOS/c10-8(5-6-11)9-7-3-1-2-4-7/h7,11H,1-6H2,(H,9,10). The Morgan fingerprint density at radius 3 is 2.64 bits per heavy atom. The second-order valence-corrected chi connectivity index (χ2v) is 3.47. The molecule has 11 heavy (non-hydrogen) atoms. The number of nitrogens with one attached hydrogen (secondary N) is 1. The average molecular weight is 173 g/mol. The Balaban J connectivity index is 2.13. The van der Waals surface area contributed by atoms with Crippen molar-refractivity contribution in [1.82, 2.24) is 5.32 Å². The fourth-order valence-electron chi connectivity index (χ4n) is 1.47. The second kappa shape index (κ2) is 4.65. The monoisotopic (exact) mass is 173 g/mol. The topological polar surface area (TPSA) is 29.1 Å². The molecule has 1 aliphatic carbocycles. The van der Waals surface area contributed by atoms with Crippen LogP contribution in [0.5, 0.6) is 0 Å². The number of hydrogen-bond acceptors (Lipinski definition) is 2. The van der Waals surface area contributed by atoms with E-state index in [0.717, 1.165) is 12.8 Å². The molecule has 64 valence electrons. The highest BCUT2D eigenvalue weighted by Crippen LogP contribution is 2.17. The van der Waals surface area contributed by atoms with Crippen molar-refractivity contribution in [2.45, 2.75) is 38.1 Å². The lowest BCUT2D eigenvalue weighted by molar-refractivity contribution is -0.121. The molecule has 0 aromatic carbocycles. The number of rotatable bonds is 3. The summed E-state index contributed by atoms with van der Waals surface area (Å²) in [5, 5.41) is 2.99. The summed E-state index contributed by atoms with van der Waals surface area (Å²) in [6, 6.07) is 0.461. The molecule has 0 bridgehead atoms. The van der Waals surface area contributed by atoms with Gasteiger partial charge in [0, 0.05) is 12.5 Å². The number of carbonyl (C=O) groups is 1. The zero-order chi connectivity index (χ0) is 8.10. The van der Waals surface area contributed by atoms with Crippen LogP contribution in [-0.4, -0.2) is 17.7 Å². The summed E-state index contributed by atoms with van der Waals surface area (Å²) in [5.74, 6) is 0.811. The second-order valence-electron chi connectivity index (χ2n) is 3.02. The van der Waals surface area contributed by atoms with Crippen molar-refractivity contribution < 1.29 is 4.79 Å². The van der Waals surface area contributed by atoms with Gasteiger partial charge in [0.05, 0.1) is 0 Å². The summed E-state index contributed by atoms with van der Waals surface area (Å²) in [4.78, 5) is 11.0. The van der Waals surface area contributed by atoms with Crippen molar-refractivity contribution >= 4 is 18.5 Å². The maximum atomic E-state index is 11.0. The summed E-state index contributed by atoms with van der Waals surface area (Å²) in [7, 11) is 0. The van der Waals surface area contributed by atoms with Gasteiger partial charge in [-0.3, -0.25) is 4.79 Å². The van der Waals surface area contributed by atoms with Gasteiger partial charge in [0.15, 0.2) is 0 Å². The molecule has 1 amide bonds. The average Bonchev–Trinajstić information content (AvgIpc) is 2.40. The van der Waals surface area contributed by atoms with Gasteiger partial charge in [-0.1, -0.05) is 12.8 Å². The van der Waals surface area contributed by atoms with Crippen molar-refractivity contribution in [1.29, 1.82) is 0 Å². The van der Waals surface area contributed by atoms with Gasteiger partial charge in [0.1, 0.15) is 0 Å². The Morgan fingerprint density at radius 2 is 2.09 bits per heavy atom. The molecule has 1 rings (SSSR count). The van der Waals surface area contributed by atoms with E-state index in [-0.39, 0.29) is 5.91 Å². The van der Waals surface area contributed by atoms with Gasteiger partial charge >= 0.3 is 0 Å². The fourth-order valence-corrected chi connectivity index (χ4v) is 1.67. The minimum absolute atomic E-state index is 0.159. The summed E-state index contributed by atoms with van der Waals surface area (Å²) in [6.45, 7) is 0. The molecule has 1 N–H and O–H groups in total. The zero-order valence-electron chi connectivity index (χ0n) is 6.68. The van der Waals surface area contributed by atoms with Crippen LogP contribution in [0.2, 0.25) is 0 Å². The van der Waals surface area contributed by atoms with E-state index in [1.165, 1.54) is 12.8 Å². The van der Waals surface area contributed by atoms with Crippen LogP contribution in [0, 0.1) is 0 Å². The molecule has 1 fully saturated rings. The molecule has 0 spiro atoms. The van der Waals surface area contributed by atoms with Crippen molar-refractivity contribution in [3.63, 3.8) is 0 Å². The van der Waals surface area contributed by atoms with Crippen LogP contribution in [0.1, 0.15) is 32.1 Å². The van der Waals surface area contributed by atoms with E-state index >= 15 is 0 Å². The molecule has 2 nitrogen and oxygen atoms in total. The van der Waals surface area contributed by atoms with E-state index in [2.05, 4.69) is 17.9 Å². The first-order valence-electron chi connectivity index (χ1n) is 4.23. The van der Waals surface area contributed by atoms with Crippen LogP contribution in [0.25, 0.3) is 0 Å². The molecule has 0 saturated heterocycles.